The van der Waals surface area contributed by atoms with E-state index in [2.05, 4.69) is 27.7 Å². The molecule has 3 heteroatoms. The normalized spacial score (nSPS) is 22.6. The molecule has 0 heterocycles. The molecule has 0 aromatic heterocycles. The SMILES string of the molecule is COc1ccc(C(=O)CCC(=O)C2CC(C)(C)CCC2C(C)C)cc1. The highest BCUT2D eigenvalue weighted by Gasteiger charge is 2.39. The number of Topliss-reactive ketones (excluding diaryl/α,β-unsaturated/α-hetero) is 2. The highest BCUT2D eigenvalue weighted by Crippen LogP contribution is 2.45. The lowest BCUT2D eigenvalue weighted by Crippen LogP contribution is -2.37. The van der Waals surface area contributed by atoms with Gasteiger partial charge in [-0.2, -0.15) is 0 Å². The lowest BCUT2D eigenvalue weighted by molar-refractivity contribution is -0.128. The number of carbonyl (C=O) groups excluding carboxylic acids is 2. The quantitative estimate of drug-likeness (QED) is 0.628. The van der Waals surface area contributed by atoms with E-state index in [4.69, 9.17) is 4.74 Å². The molecule has 2 atom stereocenters. The third kappa shape index (κ3) is 5.17. The summed E-state index contributed by atoms with van der Waals surface area (Å²) in [5, 5.41) is 0. The van der Waals surface area contributed by atoms with Crippen LogP contribution in [0.3, 0.4) is 0 Å². The van der Waals surface area contributed by atoms with Crippen LogP contribution in [0.1, 0.15) is 70.2 Å². The van der Waals surface area contributed by atoms with Gasteiger partial charge in [0, 0.05) is 24.3 Å². The molecule has 3 nitrogen and oxygen atoms in total. The number of rotatable bonds is 7. The van der Waals surface area contributed by atoms with E-state index in [-0.39, 0.29) is 22.9 Å². The van der Waals surface area contributed by atoms with Gasteiger partial charge in [-0.3, -0.25) is 9.59 Å². The number of benzene rings is 1. The van der Waals surface area contributed by atoms with Crippen LogP contribution in [-0.4, -0.2) is 18.7 Å². The molecule has 1 fully saturated rings. The van der Waals surface area contributed by atoms with Crippen molar-refractivity contribution in [2.75, 3.05) is 7.11 Å². The van der Waals surface area contributed by atoms with Crippen LogP contribution < -0.4 is 4.74 Å². The predicted octanol–water partition coefficient (Wildman–Crippen LogP) is 5.33. The summed E-state index contributed by atoms with van der Waals surface area (Å²) in [7, 11) is 1.60. The average Bonchev–Trinajstić information content (AvgIpc) is 2.58. The van der Waals surface area contributed by atoms with Gasteiger partial charge in [0.25, 0.3) is 0 Å². The Morgan fingerprint density at radius 2 is 1.80 bits per heavy atom. The Morgan fingerprint density at radius 3 is 2.36 bits per heavy atom. The minimum absolute atomic E-state index is 0.0344. The molecule has 1 aliphatic carbocycles. The number of ketones is 2. The minimum Gasteiger partial charge on any atom is -0.497 e. The highest BCUT2D eigenvalue weighted by atomic mass is 16.5. The van der Waals surface area contributed by atoms with Crippen LogP contribution in [0.5, 0.6) is 5.75 Å². The van der Waals surface area contributed by atoms with Crippen molar-refractivity contribution in [3.05, 3.63) is 29.8 Å². The monoisotopic (exact) mass is 344 g/mol. The Bertz CT molecular complexity index is 598. The van der Waals surface area contributed by atoms with E-state index in [1.807, 2.05) is 0 Å². The summed E-state index contributed by atoms with van der Waals surface area (Å²) < 4.78 is 5.11. The number of ether oxygens (including phenoxy) is 1. The van der Waals surface area contributed by atoms with Gasteiger partial charge in [-0.1, -0.05) is 27.7 Å². The average molecular weight is 344 g/mol. The highest BCUT2D eigenvalue weighted by molar-refractivity contribution is 5.98. The van der Waals surface area contributed by atoms with E-state index < -0.39 is 0 Å². The molecule has 0 amide bonds. The van der Waals surface area contributed by atoms with Crippen LogP contribution in [-0.2, 0) is 4.79 Å². The molecular formula is C22H32O3. The van der Waals surface area contributed by atoms with Crippen LogP contribution >= 0.6 is 0 Å². The van der Waals surface area contributed by atoms with Gasteiger partial charge in [-0.05, 0) is 60.8 Å². The van der Waals surface area contributed by atoms with Crippen molar-refractivity contribution in [2.45, 2.75) is 59.8 Å². The Kier molecular flexibility index (Phi) is 6.42. The zero-order chi connectivity index (χ0) is 18.6. The third-order valence-electron chi connectivity index (χ3n) is 5.72. The molecule has 1 aromatic carbocycles. The summed E-state index contributed by atoms with van der Waals surface area (Å²) in [5.74, 6) is 2.11. The molecule has 1 saturated carbocycles. The summed E-state index contributed by atoms with van der Waals surface area (Å²) in [6.07, 6.45) is 3.91. The zero-order valence-electron chi connectivity index (χ0n) is 16.3. The van der Waals surface area contributed by atoms with Crippen LogP contribution in [0.4, 0.5) is 0 Å². The maximum Gasteiger partial charge on any atom is 0.163 e. The molecule has 2 rings (SSSR count). The van der Waals surface area contributed by atoms with Gasteiger partial charge in [0.05, 0.1) is 7.11 Å². The first-order chi connectivity index (χ1) is 11.7. The number of carbonyl (C=O) groups is 2. The molecule has 0 N–H and O–H groups in total. The maximum absolute atomic E-state index is 12.9. The lowest BCUT2D eigenvalue weighted by atomic mass is 9.62. The predicted molar refractivity (Wildman–Crippen MR) is 101 cm³/mol. The summed E-state index contributed by atoms with van der Waals surface area (Å²) in [6, 6.07) is 7.11. The van der Waals surface area contributed by atoms with Gasteiger partial charge in [-0.25, -0.2) is 0 Å². The fourth-order valence-corrected chi connectivity index (χ4v) is 4.10. The first kappa shape index (κ1) is 19.7. The van der Waals surface area contributed by atoms with Gasteiger partial charge in [0.15, 0.2) is 5.78 Å². The summed E-state index contributed by atoms with van der Waals surface area (Å²) >= 11 is 0. The van der Waals surface area contributed by atoms with Gasteiger partial charge in [0.2, 0.25) is 0 Å². The second kappa shape index (κ2) is 8.16. The molecule has 138 valence electrons. The Morgan fingerprint density at radius 1 is 1.16 bits per heavy atom. The molecule has 0 bridgehead atoms. The van der Waals surface area contributed by atoms with E-state index in [0.29, 0.717) is 30.2 Å². The molecule has 1 aromatic rings. The van der Waals surface area contributed by atoms with Crippen LogP contribution in [0.25, 0.3) is 0 Å². The molecule has 0 aliphatic heterocycles. The van der Waals surface area contributed by atoms with Crippen molar-refractivity contribution in [1.82, 2.24) is 0 Å². The van der Waals surface area contributed by atoms with Crippen LogP contribution in [0, 0.1) is 23.2 Å². The van der Waals surface area contributed by atoms with Crippen molar-refractivity contribution < 1.29 is 14.3 Å². The van der Waals surface area contributed by atoms with Gasteiger partial charge in [0.1, 0.15) is 11.5 Å². The second-order valence-electron chi connectivity index (χ2n) is 8.54. The molecular weight excluding hydrogens is 312 g/mol. The minimum atomic E-state index is 0.0344. The van der Waals surface area contributed by atoms with E-state index in [1.165, 1.54) is 6.42 Å². The van der Waals surface area contributed by atoms with Gasteiger partial charge in [-0.15, -0.1) is 0 Å². The molecule has 0 radical (unpaired) electrons. The molecule has 0 saturated heterocycles. The Balaban J connectivity index is 1.98. The summed E-state index contributed by atoms with van der Waals surface area (Å²) in [4.78, 5) is 25.2. The molecule has 2 unspecified atom stereocenters. The van der Waals surface area contributed by atoms with Crippen molar-refractivity contribution in [3.63, 3.8) is 0 Å². The number of hydrogen-bond acceptors (Lipinski definition) is 3. The standard InChI is InChI=1S/C22H32O3/c1-15(2)18-12-13-22(3,4)14-19(18)21(24)11-10-20(23)16-6-8-17(25-5)9-7-16/h6-9,15,18-19H,10-14H2,1-5H3. The van der Waals surface area contributed by atoms with E-state index >= 15 is 0 Å². The summed E-state index contributed by atoms with van der Waals surface area (Å²) in [6.45, 7) is 8.94. The lowest BCUT2D eigenvalue weighted by Gasteiger charge is -2.42. The number of hydrogen-bond donors (Lipinski definition) is 0. The van der Waals surface area contributed by atoms with Gasteiger partial charge >= 0.3 is 0 Å². The second-order valence-corrected chi connectivity index (χ2v) is 8.54. The molecule has 25 heavy (non-hydrogen) atoms. The maximum atomic E-state index is 12.9. The van der Waals surface area contributed by atoms with Crippen molar-refractivity contribution >= 4 is 11.6 Å². The third-order valence-corrected chi connectivity index (χ3v) is 5.72. The fourth-order valence-electron chi connectivity index (χ4n) is 4.10. The Hall–Kier alpha value is -1.64. The van der Waals surface area contributed by atoms with E-state index in [1.54, 1.807) is 31.4 Å². The fraction of sp³-hybridized carbons (Fsp3) is 0.636. The van der Waals surface area contributed by atoms with Crippen molar-refractivity contribution in [1.29, 1.82) is 0 Å². The first-order valence-electron chi connectivity index (χ1n) is 9.43. The summed E-state index contributed by atoms with van der Waals surface area (Å²) in [5.41, 5.74) is 0.879. The molecule has 0 spiro atoms. The van der Waals surface area contributed by atoms with E-state index in [9.17, 15) is 9.59 Å². The molecule has 1 aliphatic rings. The van der Waals surface area contributed by atoms with Crippen molar-refractivity contribution in [2.24, 2.45) is 23.2 Å². The van der Waals surface area contributed by atoms with Gasteiger partial charge < -0.3 is 4.74 Å². The largest absolute Gasteiger partial charge is 0.497 e. The zero-order valence-corrected chi connectivity index (χ0v) is 16.3. The Labute approximate surface area is 152 Å². The first-order valence-corrected chi connectivity index (χ1v) is 9.43. The number of methoxy groups -OCH3 is 1. The van der Waals surface area contributed by atoms with Crippen molar-refractivity contribution in [3.8, 4) is 5.75 Å². The van der Waals surface area contributed by atoms with Crippen LogP contribution in [0.2, 0.25) is 0 Å². The smallest absolute Gasteiger partial charge is 0.163 e. The van der Waals surface area contributed by atoms with E-state index in [0.717, 1.165) is 18.6 Å². The van der Waals surface area contributed by atoms with Crippen LogP contribution in [0.15, 0.2) is 24.3 Å². The topological polar surface area (TPSA) is 43.4 Å².